The van der Waals surface area contributed by atoms with E-state index in [1.807, 2.05) is 0 Å². The van der Waals surface area contributed by atoms with E-state index in [0.717, 1.165) is 45.4 Å². The van der Waals surface area contributed by atoms with Gasteiger partial charge in [-0.15, -0.1) is 0 Å². The first-order valence-electron chi connectivity index (χ1n) is 6.80. The summed E-state index contributed by atoms with van der Waals surface area (Å²) in [5, 5.41) is 6.33. The Kier molecular flexibility index (Phi) is 6.52. The Morgan fingerprint density at radius 3 is 2.65 bits per heavy atom. The van der Waals surface area contributed by atoms with Crippen LogP contribution in [-0.4, -0.2) is 50.1 Å². The van der Waals surface area contributed by atoms with Crippen molar-refractivity contribution in [3.63, 3.8) is 0 Å². The molecule has 0 saturated carbocycles. The zero-order chi connectivity index (χ0) is 12.7. The lowest BCUT2D eigenvalue weighted by atomic mass is 9.97. The molecule has 0 aliphatic carbocycles. The lowest BCUT2D eigenvalue weighted by Gasteiger charge is -2.23. The summed E-state index contributed by atoms with van der Waals surface area (Å²) >= 11 is 0. The van der Waals surface area contributed by atoms with Gasteiger partial charge in [0.1, 0.15) is 0 Å². The van der Waals surface area contributed by atoms with E-state index in [0.29, 0.717) is 6.04 Å². The molecule has 100 valence electrons. The molecular weight excluding hydrogens is 214 g/mol. The molecule has 1 rings (SSSR count). The molecule has 0 aromatic heterocycles. The molecule has 1 fully saturated rings. The third-order valence-electron chi connectivity index (χ3n) is 3.58. The van der Waals surface area contributed by atoms with Crippen molar-refractivity contribution in [2.75, 3.05) is 33.2 Å². The summed E-state index contributed by atoms with van der Waals surface area (Å²) in [6.07, 6.45) is 3.00. The lowest BCUT2D eigenvalue weighted by molar-refractivity contribution is -0.125. The van der Waals surface area contributed by atoms with Gasteiger partial charge in [0.15, 0.2) is 0 Å². The molecule has 0 spiro atoms. The Morgan fingerprint density at radius 1 is 1.41 bits per heavy atom. The number of nitrogens with zero attached hydrogens (tertiary/aromatic N) is 1. The van der Waals surface area contributed by atoms with Crippen molar-refractivity contribution in [1.29, 1.82) is 0 Å². The number of carbonyl (C=O) groups is 1. The molecule has 1 aliphatic rings. The summed E-state index contributed by atoms with van der Waals surface area (Å²) in [6, 6.07) is 0.579. The van der Waals surface area contributed by atoms with Gasteiger partial charge in [0.2, 0.25) is 5.91 Å². The van der Waals surface area contributed by atoms with Crippen LogP contribution in [0.4, 0.5) is 0 Å². The molecule has 0 aromatic carbocycles. The molecule has 2 N–H and O–H groups in total. The van der Waals surface area contributed by atoms with E-state index in [-0.39, 0.29) is 11.8 Å². The fourth-order valence-corrected chi connectivity index (χ4v) is 2.03. The normalized spacial score (nSPS) is 17.7. The van der Waals surface area contributed by atoms with E-state index in [9.17, 15) is 4.79 Å². The smallest absolute Gasteiger partial charge is 0.223 e. The minimum absolute atomic E-state index is 0.235. The first kappa shape index (κ1) is 14.5. The van der Waals surface area contributed by atoms with Crippen LogP contribution in [0.1, 0.15) is 33.1 Å². The van der Waals surface area contributed by atoms with Crippen LogP contribution in [0.2, 0.25) is 0 Å². The highest BCUT2D eigenvalue weighted by Gasteiger charge is 2.20. The molecule has 1 aliphatic heterocycles. The Balaban J connectivity index is 2.07. The van der Waals surface area contributed by atoms with Crippen LogP contribution in [0.5, 0.6) is 0 Å². The Bertz CT molecular complexity index is 225. The third-order valence-corrected chi connectivity index (χ3v) is 3.58. The zero-order valence-electron chi connectivity index (χ0n) is 11.5. The maximum Gasteiger partial charge on any atom is 0.223 e. The van der Waals surface area contributed by atoms with Crippen molar-refractivity contribution in [3.05, 3.63) is 0 Å². The van der Waals surface area contributed by atoms with Crippen LogP contribution in [0, 0.1) is 5.92 Å². The van der Waals surface area contributed by atoms with E-state index < -0.39 is 0 Å². The second kappa shape index (κ2) is 7.67. The first-order valence-corrected chi connectivity index (χ1v) is 6.80. The zero-order valence-corrected chi connectivity index (χ0v) is 11.5. The lowest BCUT2D eigenvalue weighted by Crippen LogP contribution is -2.39. The monoisotopic (exact) mass is 241 g/mol. The van der Waals surface area contributed by atoms with Crippen molar-refractivity contribution in [2.24, 2.45) is 5.92 Å². The maximum atomic E-state index is 11.8. The highest BCUT2D eigenvalue weighted by atomic mass is 16.1. The largest absolute Gasteiger partial charge is 0.356 e. The molecule has 0 atom stereocenters. The topological polar surface area (TPSA) is 44.4 Å². The summed E-state index contributed by atoms with van der Waals surface area (Å²) in [4.78, 5) is 14.1. The van der Waals surface area contributed by atoms with E-state index in [1.165, 1.54) is 0 Å². The number of nitrogens with one attached hydrogen (secondary N) is 2. The Morgan fingerprint density at radius 2 is 2.06 bits per heavy atom. The molecule has 0 unspecified atom stereocenters. The van der Waals surface area contributed by atoms with E-state index in [1.54, 1.807) is 0 Å². The van der Waals surface area contributed by atoms with Gasteiger partial charge >= 0.3 is 0 Å². The van der Waals surface area contributed by atoms with Crippen molar-refractivity contribution in [3.8, 4) is 0 Å². The number of piperidine rings is 1. The highest BCUT2D eigenvalue weighted by molar-refractivity contribution is 5.78. The molecular formula is C13H27N3O. The van der Waals surface area contributed by atoms with E-state index in [2.05, 4.69) is 36.4 Å². The van der Waals surface area contributed by atoms with Crippen LogP contribution in [0.25, 0.3) is 0 Å². The summed E-state index contributed by atoms with van der Waals surface area (Å²) in [6.45, 7) is 8.19. The number of hydrogen-bond donors (Lipinski definition) is 2. The third kappa shape index (κ3) is 5.50. The van der Waals surface area contributed by atoms with Gasteiger partial charge in [-0.05, 0) is 59.8 Å². The van der Waals surface area contributed by atoms with E-state index >= 15 is 0 Å². The van der Waals surface area contributed by atoms with Crippen molar-refractivity contribution in [1.82, 2.24) is 15.5 Å². The fourth-order valence-electron chi connectivity index (χ4n) is 2.03. The van der Waals surface area contributed by atoms with Gasteiger partial charge in [-0.3, -0.25) is 4.79 Å². The van der Waals surface area contributed by atoms with Crippen LogP contribution < -0.4 is 10.6 Å². The van der Waals surface area contributed by atoms with Crippen LogP contribution in [-0.2, 0) is 4.79 Å². The van der Waals surface area contributed by atoms with Gasteiger partial charge in [0.25, 0.3) is 0 Å². The summed E-state index contributed by atoms with van der Waals surface area (Å²) in [5.41, 5.74) is 0. The number of hydrogen-bond acceptors (Lipinski definition) is 3. The molecule has 0 aromatic rings. The quantitative estimate of drug-likeness (QED) is 0.677. The van der Waals surface area contributed by atoms with Crippen molar-refractivity contribution in [2.45, 2.75) is 39.2 Å². The second-order valence-corrected chi connectivity index (χ2v) is 5.24. The second-order valence-electron chi connectivity index (χ2n) is 5.24. The molecule has 4 heteroatoms. The van der Waals surface area contributed by atoms with Crippen LogP contribution in [0.3, 0.4) is 0 Å². The average molecular weight is 241 g/mol. The molecule has 1 heterocycles. The molecule has 17 heavy (non-hydrogen) atoms. The van der Waals surface area contributed by atoms with Gasteiger partial charge in [-0.25, -0.2) is 0 Å². The number of amides is 1. The molecule has 0 bridgehead atoms. The minimum Gasteiger partial charge on any atom is -0.356 e. The highest BCUT2D eigenvalue weighted by Crippen LogP contribution is 2.11. The SMILES string of the molecule is CC(C)N(C)CCCNC(=O)C1CCNCC1. The first-order chi connectivity index (χ1) is 8.11. The van der Waals surface area contributed by atoms with Gasteiger partial charge in [0.05, 0.1) is 0 Å². The maximum absolute atomic E-state index is 11.8. The van der Waals surface area contributed by atoms with Crippen LogP contribution >= 0.6 is 0 Å². The Labute approximate surface area is 105 Å². The summed E-state index contributed by atoms with van der Waals surface area (Å²) in [5.74, 6) is 0.484. The van der Waals surface area contributed by atoms with Gasteiger partial charge in [-0.1, -0.05) is 0 Å². The van der Waals surface area contributed by atoms with Crippen LogP contribution in [0.15, 0.2) is 0 Å². The van der Waals surface area contributed by atoms with Gasteiger partial charge < -0.3 is 15.5 Å². The van der Waals surface area contributed by atoms with Crippen molar-refractivity contribution < 1.29 is 4.79 Å². The standard InChI is InChI=1S/C13H27N3O/c1-11(2)16(3)10-4-7-15-13(17)12-5-8-14-9-6-12/h11-12,14H,4-10H2,1-3H3,(H,15,17). The average Bonchev–Trinajstić information content (AvgIpc) is 2.35. The predicted molar refractivity (Wildman–Crippen MR) is 71.0 cm³/mol. The fraction of sp³-hybridized carbons (Fsp3) is 0.923. The van der Waals surface area contributed by atoms with Crippen molar-refractivity contribution >= 4 is 5.91 Å². The Hall–Kier alpha value is -0.610. The molecule has 0 radical (unpaired) electrons. The molecule has 4 nitrogen and oxygen atoms in total. The number of rotatable bonds is 6. The summed E-state index contributed by atoms with van der Waals surface area (Å²) in [7, 11) is 2.12. The molecule has 1 amide bonds. The van der Waals surface area contributed by atoms with Gasteiger partial charge in [-0.2, -0.15) is 0 Å². The van der Waals surface area contributed by atoms with Gasteiger partial charge in [0, 0.05) is 18.5 Å². The minimum atomic E-state index is 0.235. The summed E-state index contributed by atoms with van der Waals surface area (Å²) < 4.78 is 0. The molecule has 1 saturated heterocycles. The number of carbonyl (C=O) groups excluding carboxylic acids is 1. The predicted octanol–water partition coefficient (Wildman–Crippen LogP) is 0.833. The van der Waals surface area contributed by atoms with E-state index in [4.69, 9.17) is 0 Å².